The molecule has 1 rings (SSSR count). The van der Waals surface area contributed by atoms with E-state index in [4.69, 9.17) is 9.47 Å². The Morgan fingerprint density at radius 2 is 2.09 bits per heavy atom. The lowest BCUT2D eigenvalue weighted by molar-refractivity contribution is -0.148. The molecule has 8 heteroatoms. The van der Waals surface area contributed by atoms with Crippen molar-refractivity contribution in [2.45, 2.75) is 38.0 Å². The number of esters is 1. The van der Waals surface area contributed by atoms with Crippen molar-refractivity contribution in [3.63, 3.8) is 0 Å². The molecule has 1 atom stereocenters. The molecule has 0 N–H and O–H groups in total. The molecule has 0 aromatic rings. The minimum absolute atomic E-state index is 0.161. The molecule has 1 unspecified atom stereocenters. The van der Waals surface area contributed by atoms with Crippen LogP contribution in [0.15, 0.2) is 11.6 Å². The summed E-state index contributed by atoms with van der Waals surface area (Å²) in [5, 5.41) is 0.161. The monoisotopic (exact) mass is 342 g/mol. The van der Waals surface area contributed by atoms with Crippen molar-refractivity contribution in [1.29, 1.82) is 0 Å². The number of carbonyl (C=O) groups is 2. The van der Waals surface area contributed by atoms with Gasteiger partial charge in [-0.3, -0.25) is 0 Å². The topological polar surface area (TPSA) is 59.1 Å². The SMILES string of the molecule is BN1CCC(SCOC(=O)N(C)C)/C(=C\C(=O)OC(C)(C)C)C1. The van der Waals surface area contributed by atoms with E-state index in [0.717, 1.165) is 25.1 Å². The van der Waals surface area contributed by atoms with E-state index >= 15 is 0 Å². The van der Waals surface area contributed by atoms with Crippen LogP contribution in [0, 0.1) is 0 Å². The summed E-state index contributed by atoms with van der Waals surface area (Å²) in [5.74, 6) is -0.0458. The first-order chi connectivity index (χ1) is 10.6. The van der Waals surface area contributed by atoms with Gasteiger partial charge >= 0.3 is 12.1 Å². The summed E-state index contributed by atoms with van der Waals surface area (Å²) in [6, 6.07) is 0. The van der Waals surface area contributed by atoms with Crippen molar-refractivity contribution < 1.29 is 19.1 Å². The van der Waals surface area contributed by atoms with Crippen LogP contribution in [0.4, 0.5) is 4.79 Å². The molecule has 0 aromatic heterocycles. The van der Waals surface area contributed by atoms with Crippen LogP contribution < -0.4 is 0 Å². The molecule has 0 saturated carbocycles. The highest BCUT2D eigenvalue weighted by atomic mass is 32.2. The largest absolute Gasteiger partial charge is 0.457 e. The van der Waals surface area contributed by atoms with E-state index in [0.29, 0.717) is 0 Å². The van der Waals surface area contributed by atoms with E-state index in [1.807, 2.05) is 28.8 Å². The number of nitrogens with zero attached hydrogens (tertiary/aromatic N) is 2. The van der Waals surface area contributed by atoms with Crippen LogP contribution in [0.1, 0.15) is 27.2 Å². The van der Waals surface area contributed by atoms with Gasteiger partial charge in [-0.25, -0.2) is 9.59 Å². The molecule has 1 aliphatic heterocycles. The molecule has 23 heavy (non-hydrogen) atoms. The number of amides is 1. The van der Waals surface area contributed by atoms with Gasteiger partial charge in [0.1, 0.15) is 11.5 Å². The number of ether oxygens (including phenoxy) is 2. The fourth-order valence-electron chi connectivity index (χ4n) is 2.12. The highest BCUT2D eigenvalue weighted by Gasteiger charge is 2.25. The van der Waals surface area contributed by atoms with Crippen LogP contribution in [-0.4, -0.2) is 73.7 Å². The summed E-state index contributed by atoms with van der Waals surface area (Å²) < 4.78 is 10.5. The third kappa shape index (κ3) is 7.79. The zero-order valence-corrected chi connectivity index (χ0v) is 15.7. The first-order valence-corrected chi connectivity index (χ1v) is 8.71. The van der Waals surface area contributed by atoms with Crippen LogP contribution in [-0.2, 0) is 14.3 Å². The fraction of sp³-hybridized carbons (Fsp3) is 0.733. The van der Waals surface area contributed by atoms with Crippen molar-refractivity contribution in [1.82, 2.24) is 9.71 Å². The predicted molar refractivity (Wildman–Crippen MR) is 95.1 cm³/mol. The van der Waals surface area contributed by atoms with Crippen molar-refractivity contribution in [2.75, 3.05) is 33.1 Å². The number of piperidine rings is 1. The highest BCUT2D eigenvalue weighted by molar-refractivity contribution is 7.99. The Kier molecular flexibility index (Phi) is 7.47. The zero-order chi connectivity index (χ0) is 17.6. The van der Waals surface area contributed by atoms with Crippen LogP contribution >= 0.6 is 11.8 Å². The Balaban J connectivity index is 2.64. The second kappa shape index (κ2) is 8.64. The summed E-state index contributed by atoms with van der Waals surface area (Å²) in [6.07, 6.45) is 2.14. The minimum Gasteiger partial charge on any atom is -0.457 e. The van der Waals surface area contributed by atoms with Crippen molar-refractivity contribution in [2.24, 2.45) is 0 Å². The zero-order valence-electron chi connectivity index (χ0n) is 14.9. The third-order valence-corrected chi connectivity index (χ3v) is 4.36. The van der Waals surface area contributed by atoms with E-state index in [1.165, 1.54) is 4.90 Å². The van der Waals surface area contributed by atoms with E-state index < -0.39 is 5.60 Å². The third-order valence-electron chi connectivity index (χ3n) is 3.17. The van der Waals surface area contributed by atoms with Gasteiger partial charge in [-0.15, -0.1) is 11.8 Å². The molecule has 0 aromatic carbocycles. The lowest BCUT2D eigenvalue weighted by atomic mass is 10.0. The van der Waals surface area contributed by atoms with Gasteiger partial charge in [0.05, 0.1) is 0 Å². The Hall–Kier alpha value is -1.15. The maximum Gasteiger partial charge on any atom is 0.410 e. The predicted octanol–water partition coefficient (Wildman–Crippen LogP) is 1.27. The first-order valence-electron chi connectivity index (χ1n) is 7.66. The molecule has 1 aliphatic rings. The summed E-state index contributed by atoms with van der Waals surface area (Å²) in [5.41, 5.74) is 0.511. The standard InChI is InChI=1S/C15H27BN2O4S/c1-15(2,3)22-13(19)8-11-9-18(16)7-6-12(11)23-10-21-14(20)17(4)5/h8,12H,6-7,9-10,16H2,1-5H3/b11-8-. The van der Waals surface area contributed by atoms with Gasteiger partial charge in [-0.1, -0.05) is 0 Å². The van der Waals surface area contributed by atoms with Gasteiger partial charge in [0, 0.05) is 32.0 Å². The van der Waals surface area contributed by atoms with E-state index in [-0.39, 0.29) is 23.3 Å². The number of thioether (sulfide) groups is 1. The smallest absolute Gasteiger partial charge is 0.410 e. The molecule has 1 saturated heterocycles. The fourth-order valence-corrected chi connectivity index (χ4v) is 3.08. The summed E-state index contributed by atoms with van der Waals surface area (Å²) in [4.78, 5) is 27.0. The number of hydrogen-bond acceptors (Lipinski definition) is 6. The van der Waals surface area contributed by atoms with Gasteiger partial charge < -0.3 is 19.2 Å². The second-order valence-electron chi connectivity index (χ2n) is 6.86. The maximum atomic E-state index is 12.0. The number of hydrogen-bond donors (Lipinski definition) is 0. The van der Waals surface area contributed by atoms with Crippen molar-refractivity contribution in [3.05, 3.63) is 11.6 Å². The number of rotatable bonds is 4. The Bertz CT molecular complexity index is 463. The van der Waals surface area contributed by atoms with E-state index in [2.05, 4.69) is 4.81 Å². The Morgan fingerprint density at radius 3 is 2.65 bits per heavy atom. The van der Waals surface area contributed by atoms with Crippen molar-refractivity contribution in [3.8, 4) is 0 Å². The first kappa shape index (κ1) is 19.9. The Morgan fingerprint density at radius 1 is 1.43 bits per heavy atom. The molecule has 0 bridgehead atoms. The van der Waals surface area contributed by atoms with Gasteiger partial charge in [-0.05, 0) is 39.3 Å². The van der Waals surface area contributed by atoms with Gasteiger partial charge in [0.2, 0.25) is 0 Å². The molecular weight excluding hydrogens is 315 g/mol. The van der Waals surface area contributed by atoms with Crippen LogP contribution in [0.2, 0.25) is 0 Å². The van der Waals surface area contributed by atoms with Crippen LogP contribution in [0.3, 0.4) is 0 Å². The van der Waals surface area contributed by atoms with Crippen LogP contribution in [0.5, 0.6) is 0 Å². The lowest BCUT2D eigenvalue weighted by Crippen LogP contribution is -2.36. The maximum absolute atomic E-state index is 12.0. The Labute approximate surface area is 144 Å². The molecule has 130 valence electrons. The normalized spacial score (nSPS) is 21.1. The van der Waals surface area contributed by atoms with Gasteiger partial charge in [0.15, 0.2) is 7.98 Å². The molecule has 1 amide bonds. The average molecular weight is 342 g/mol. The molecule has 6 nitrogen and oxygen atoms in total. The molecule has 0 aliphatic carbocycles. The summed E-state index contributed by atoms with van der Waals surface area (Å²) in [6.45, 7) is 7.22. The minimum atomic E-state index is -0.501. The van der Waals surface area contributed by atoms with Gasteiger partial charge in [-0.2, -0.15) is 0 Å². The van der Waals surface area contributed by atoms with Gasteiger partial charge in [0.25, 0.3) is 0 Å². The molecule has 0 radical (unpaired) electrons. The second-order valence-corrected chi connectivity index (χ2v) is 8.00. The summed E-state index contributed by atoms with van der Waals surface area (Å²) >= 11 is 1.54. The molecular formula is C15H27BN2O4S. The quantitative estimate of drug-likeness (QED) is 0.332. The molecule has 1 fully saturated rings. The van der Waals surface area contributed by atoms with Crippen molar-refractivity contribution >= 4 is 31.8 Å². The summed E-state index contributed by atoms with van der Waals surface area (Å²) in [7, 11) is 5.32. The van der Waals surface area contributed by atoms with E-state index in [1.54, 1.807) is 31.9 Å². The highest BCUT2D eigenvalue weighted by Crippen LogP contribution is 2.28. The average Bonchev–Trinajstić information content (AvgIpc) is 2.38. The molecule has 0 spiro atoms. The molecule has 1 heterocycles. The lowest BCUT2D eigenvalue weighted by Gasteiger charge is -2.32. The van der Waals surface area contributed by atoms with Crippen LogP contribution in [0.25, 0.3) is 0 Å². The number of carbonyl (C=O) groups excluding carboxylic acids is 2. The van der Waals surface area contributed by atoms with E-state index in [9.17, 15) is 9.59 Å².